The van der Waals surface area contributed by atoms with Gasteiger partial charge >= 0.3 is 0 Å². The molecule has 0 aromatic rings. The van der Waals surface area contributed by atoms with Crippen molar-refractivity contribution in [1.29, 1.82) is 0 Å². The number of rotatable bonds is 4. The molecular formula is C14H27NO. The van der Waals surface area contributed by atoms with Crippen molar-refractivity contribution in [2.45, 2.75) is 69.9 Å². The van der Waals surface area contributed by atoms with Gasteiger partial charge < -0.3 is 10.5 Å². The van der Waals surface area contributed by atoms with Crippen molar-refractivity contribution >= 4 is 0 Å². The first-order valence-electron chi connectivity index (χ1n) is 6.97. The summed E-state index contributed by atoms with van der Waals surface area (Å²) < 4.78 is 5.83. The predicted octanol–water partition coefficient (Wildman–Crippen LogP) is 3.10. The van der Waals surface area contributed by atoms with E-state index in [1.54, 1.807) is 0 Å². The molecule has 2 N–H and O–H groups in total. The standard InChI is InChI=1S/C14H27NO/c1-11-6-8-14(16-2,9-7-11)13(15)10-12-4-3-5-12/h11-13H,3-10,15H2,1-2H3. The molecule has 0 heterocycles. The Labute approximate surface area is 99.9 Å². The van der Waals surface area contributed by atoms with E-state index >= 15 is 0 Å². The third-order valence-electron chi connectivity index (χ3n) is 5.01. The fourth-order valence-corrected chi connectivity index (χ4v) is 3.28. The Bertz CT molecular complexity index is 217. The summed E-state index contributed by atoms with van der Waals surface area (Å²) in [6, 6.07) is 0.260. The van der Waals surface area contributed by atoms with E-state index in [0.29, 0.717) is 0 Å². The number of hydrogen-bond acceptors (Lipinski definition) is 2. The van der Waals surface area contributed by atoms with Crippen molar-refractivity contribution in [3.63, 3.8) is 0 Å². The third-order valence-corrected chi connectivity index (χ3v) is 5.01. The number of hydrogen-bond donors (Lipinski definition) is 1. The van der Waals surface area contributed by atoms with Crippen LogP contribution in [0.1, 0.15) is 58.3 Å². The normalized spacial score (nSPS) is 38.1. The molecule has 2 heteroatoms. The lowest BCUT2D eigenvalue weighted by Gasteiger charge is -2.44. The van der Waals surface area contributed by atoms with Crippen LogP contribution in [0.2, 0.25) is 0 Å². The molecule has 0 aromatic heterocycles. The van der Waals surface area contributed by atoms with Gasteiger partial charge in [0.25, 0.3) is 0 Å². The first-order valence-corrected chi connectivity index (χ1v) is 6.97. The van der Waals surface area contributed by atoms with Crippen molar-refractivity contribution in [3.8, 4) is 0 Å². The van der Waals surface area contributed by atoms with E-state index in [0.717, 1.165) is 11.8 Å². The molecule has 0 radical (unpaired) electrons. The van der Waals surface area contributed by atoms with E-state index in [9.17, 15) is 0 Å². The van der Waals surface area contributed by atoms with E-state index in [1.807, 2.05) is 7.11 Å². The Balaban J connectivity index is 1.91. The maximum Gasteiger partial charge on any atom is 0.0829 e. The highest BCUT2D eigenvalue weighted by Gasteiger charge is 2.40. The van der Waals surface area contributed by atoms with Crippen LogP contribution >= 0.6 is 0 Å². The molecule has 16 heavy (non-hydrogen) atoms. The molecule has 0 aliphatic heterocycles. The summed E-state index contributed by atoms with van der Waals surface area (Å²) >= 11 is 0. The SMILES string of the molecule is COC1(C(N)CC2CCC2)CCC(C)CC1. The lowest BCUT2D eigenvalue weighted by Crippen LogP contribution is -2.52. The van der Waals surface area contributed by atoms with Gasteiger partial charge in [0.15, 0.2) is 0 Å². The third kappa shape index (κ3) is 2.43. The zero-order valence-corrected chi connectivity index (χ0v) is 10.9. The predicted molar refractivity (Wildman–Crippen MR) is 67.3 cm³/mol. The first-order chi connectivity index (χ1) is 7.66. The lowest BCUT2D eigenvalue weighted by molar-refractivity contribution is -0.0724. The monoisotopic (exact) mass is 225 g/mol. The first kappa shape index (κ1) is 12.4. The van der Waals surface area contributed by atoms with Crippen LogP contribution in [0.3, 0.4) is 0 Å². The summed E-state index contributed by atoms with van der Waals surface area (Å²) in [5.74, 6) is 1.75. The van der Waals surface area contributed by atoms with Gasteiger partial charge in [0.1, 0.15) is 0 Å². The van der Waals surface area contributed by atoms with Gasteiger partial charge in [0.05, 0.1) is 5.60 Å². The second-order valence-electron chi connectivity index (χ2n) is 6.09. The molecule has 2 aliphatic rings. The van der Waals surface area contributed by atoms with Crippen molar-refractivity contribution in [2.24, 2.45) is 17.6 Å². The topological polar surface area (TPSA) is 35.2 Å². The average Bonchev–Trinajstić information content (AvgIpc) is 2.25. The van der Waals surface area contributed by atoms with E-state index in [1.165, 1.54) is 51.4 Å². The maximum absolute atomic E-state index is 6.42. The van der Waals surface area contributed by atoms with E-state index in [2.05, 4.69) is 6.92 Å². The number of methoxy groups -OCH3 is 1. The maximum atomic E-state index is 6.42. The minimum absolute atomic E-state index is 0.00208. The Morgan fingerprint density at radius 1 is 1.25 bits per heavy atom. The Morgan fingerprint density at radius 2 is 1.88 bits per heavy atom. The number of ether oxygens (including phenoxy) is 1. The summed E-state index contributed by atoms with van der Waals surface area (Å²) in [6.45, 7) is 2.34. The van der Waals surface area contributed by atoms with E-state index in [-0.39, 0.29) is 11.6 Å². The quantitative estimate of drug-likeness (QED) is 0.798. The molecule has 2 nitrogen and oxygen atoms in total. The van der Waals surface area contributed by atoms with Gasteiger partial charge in [0.2, 0.25) is 0 Å². The molecular weight excluding hydrogens is 198 g/mol. The highest BCUT2D eigenvalue weighted by atomic mass is 16.5. The van der Waals surface area contributed by atoms with Crippen LogP contribution in [0, 0.1) is 11.8 Å². The van der Waals surface area contributed by atoms with Gasteiger partial charge in [-0.05, 0) is 43.9 Å². The van der Waals surface area contributed by atoms with Crippen LogP contribution in [-0.2, 0) is 4.74 Å². The van der Waals surface area contributed by atoms with Crippen molar-refractivity contribution in [3.05, 3.63) is 0 Å². The van der Waals surface area contributed by atoms with Gasteiger partial charge in [-0.2, -0.15) is 0 Å². The zero-order valence-electron chi connectivity index (χ0n) is 10.9. The molecule has 2 saturated carbocycles. The smallest absolute Gasteiger partial charge is 0.0829 e. The molecule has 2 fully saturated rings. The lowest BCUT2D eigenvalue weighted by atomic mass is 9.71. The number of nitrogens with two attached hydrogens (primary N) is 1. The van der Waals surface area contributed by atoms with Crippen molar-refractivity contribution in [2.75, 3.05) is 7.11 Å². The van der Waals surface area contributed by atoms with E-state index in [4.69, 9.17) is 10.5 Å². The molecule has 2 aliphatic carbocycles. The summed E-state index contributed by atoms with van der Waals surface area (Å²) in [5, 5.41) is 0. The van der Waals surface area contributed by atoms with Crippen LogP contribution < -0.4 is 5.73 Å². The summed E-state index contributed by atoms with van der Waals surface area (Å²) in [7, 11) is 1.86. The fraction of sp³-hybridized carbons (Fsp3) is 1.00. The minimum Gasteiger partial charge on any atom is -0.377 e. The van der Waals surface area contributed by atoms with Gasteiger partial charge in [-0.3, -0.25) is 0 Å². The van der Waals surface area contributed by atoms with Gasteiger partial charge in [-0.25, -0.2) is 0 Å². The molecule has 94 valence electrons. The molecule has 2 rings (SSSR count). The Hall–Kier alpha value is -0.0800. The molecule has 1 atom stereocenters. The van der Waals surface area contributed by atoms with Crippen LogP contribution in [0.25, 0.3) is 0 Å². The molecule has 0 aromatic carbocycles. The minimum atomic E-state index is 0.00208. The highest BCUT2D eigenvalue weighted by Crippen LogP contribution is 2.40. The molecule has 0 spiro atoms. The van der Waals surface area contributed by atoms with Crippen LogP contribution in [-0.4, -0.2) is 18.8 Å². The fourth-order valence-electron chi connectivity index (χ4n) is 3.28. The van der Waals surface area contributed by atoms with Crippen molar-refractivity contribution in [1.82, 2.24) is 0 Å². The summed E-state index contributed by atoms with van der Waals surface area (Å²) in [4.78, 5) is 0. The molecule has 0 saturated heterocycles. The highest BCUT2D eigenvalue weighted by molar-refractivity contribution is 4.96. The second kappa shape index (κ2) is 5.05. The van der Waals surface area contributed by atoms with Crippen LogP contribution in [0.15, 0.2) is 0 Å². The zero-order chi connectivity index (χ0) is 11.6. The average molecular weight is 225 g/mol. The largest absolute Gasteiger partial charge is 0.377 e. The van der Waals surface area contributed by atoms with Gasteiger partial charge in [-0.15, -0.1) is 0 Å². The second-order valence-corrected chi connectivity index (χ2v) is 6.09. The molecule has 0 bridgehead atoms. The van der Waals surface area contributed by atoms with Crippen LogP contribution in [0.5, 0.6) is 0 Å². The van der Waals surface area contributed by atoms with Crippen LogP contribution in [0.4, 0.5) is 0 Å². The van der Waals surface area contributed by atoms with Gasteiger partial charge in [0, 0.05) is 13.2 Å². The Morgan fingerprint density at radius 3 is 2.31 bits per heavy atom. The Kier molecular flexibility index (Phi) is 3.91. The van der Waals surface area contributed by atoms with Crippen molar-refractivity contribution < 1.29 is 4.74 Å². The van der Waals surface area contributed by atoms with E-state index < -0.39 is 0 Å². The molecule has 1 unspecified atom stereocenters. The summed E-state index contributed by atoms with van der Waals surface area (Å²) in [5.41, 5.74) is 6.43. The molecule has 0 amide bonds. The van der Waals surface area contributed by atoms with Gasteiger partial charge in [-0.1, -0.05) is 26.2 Å². The summed E-state index contributed by atoms with van der Waals surface area (Å²) in [6.07, 6.45) is 10.3.